The van der Waals surface area contributed by atoms with Crippen LogP contribution in [0.3, 0.4) is 0 Å². The van der Waals surface area contributed by atoms with Gasteiger partial charge in [0.05, 0.1) is 6.10 Å². The zero-order valence-electron chi connectivity index (χ0n) is 10.2. The largest absolute Gasteiger partial charge is 0.479 e. The van der Waals surface area contributed by atoms with Crippen LogP contribution in [0.25, 0.3) is 0 Å². The van der Waals surface area contributed by atoms with Crippen molar-refractivity contribution in [2.45, 2.75) is 38.1 Å². The number of carboxylic acids is 1. The van der Waals surface area contributed by atoms with E-state index in [4.69, 9.17) is 9.84 Å². The van der Waals surface area contributed by atoms with Gasteiger partial charge in [0, 0.05) is 19.6 Å². The van der Waals surface area contributed by atoms with E-state index in [2.05, 4.69) is 29.2 Å². The van der Waals surface area contributed by atoms with Crippen LogP contribution in [0.5, 0.6) is 0 Å². The number of aliphatic carboxylic acids is 1. The molecule has 4 nitrogen and oxygen atoms in total. The molecule has 2 unspecified atom stereocenters. The second kappa shape index (κ2) is 4.71. The molecule has 1 saturated heterocycles. The van der Waals surface area contributed by atoms with Gasteiger partial charge in [-0.25, -0.2) is 4.79 Å². The molecule has 0 radical (unpaired) electrons. The van der Waals surface area contributed by atoms with Crippen LogP contribution >= 0.6 is 0 Å². The highest BCUT2D eigenvalue weighted by atomic mass is 16.5. The van der Waals surface area contributed by atoms with Crippen molar-refractivity contribution in [2.24, 2.45) is 0 Å². The Morgan fingerprint density at radius 2 is 1.94 bits per heavy atom. The maximum atomic E-state index is 10.8. The van der Waals surface area contributed by atoms with E-state index in [1.54, 1.807) is 0 Å². The lowest BCUT2D eigenvalue weighted by Crippen LogP contribution is -2.29. The smallest absolute Gasteiger partial charge is 0.332 e. The van der Waals surface area contributed by atoms with Gasteiger partial charge in [0.25, 0.3) is 0 Å². The molecule has 4 heteroatoms. The molecular weight excluding hydrogens is 230 g/mol. The van der Waals surface area contributed by atoms with Gasteiger partial charge >= 0.3 is 5.97 Å². The number of hydrogen-bond acceptors (Lipinski definition) is 3. The number of carboxylic acid groups (broad SMARTS) is 1. The molecule has 18 heavy (non-hydrogen) atoms. The van der Waals surface area contributed by atoms with Crippen LogP contribution in [-0.2, 0) is 22.6 Å². The lowest BCUT2D eigenvalue weighted by Gasteiger charge is -2.19. The summed E-state index contributed by atoms with van der Waals surface area (Å²) in [5.74, 6) is -0.831. The fourth-order valence-corrected chi connectivity index (χ4v) is 2.84. The van der Waals surface area contributed by atoms with Crippen LogP contribution in [0.15, 0.2) is 24.3 Å². The van der Waals surface area contributed by atoms with Gasteiger partial charge < -0.3 is 9.84 Å². The van der Waals surface area contributed by atoms with Gasteiger partial charge in [0.2, 0.25) is 0 Å². The predicted molar refractivity (Wildman–Crippen MR) is 66.1 cm³/mol. The van der Waals surface area contributed by atoms with E-state index in [-0.39, 0.29) is 6.10 Å². The molecule has 1 fully saturated rings. The molecule has 3 rings (SSSR count). The van der Waals surface area contributed by atoms with Crippen molar-refractivity contribution in [3.8, 4) is 0 Å². The molecule has 0 saturated carbocycles. The number of nitrogens with zero attached hydrogens (tertiary/aromatic N) is 1. The third-order valence-corrected chi connectivity index (χ3v) is 3.75. The van der Waals surface area contributed by atoms with Gasteiger partial charge in [-0.15, -0.1) is 0 Å². The van der Waals surface area contributed by atoms with Gasteiger partial charge in [-0.3, -0.25) is 4.90 Å². The zero-order valence-corrected chi connectivity index (χ0v) is 10.2. The highest BCUT2D eigenvalue weighted by Crippen LogP contribution is 2.26. The van der Waals surface area contributed by atoms with E-state index in [1.165, 1.54) is 11.1 Å². The number of hydrogen-bond donors (Lipinski definition) is 1. The van der Waals surface area contributed by atoms with Crippen molar-refractivity contribution < 1.29 is 14.6 Å². The van der Waals surface area contributed by atoms with Gasteiger partial charge in [-0.05, 0) is 24.0 Å². The first-order valence-corrected chi connectivity index (χ1v) is 6.40. The van der Waals surface area contributed by atoms with Gasteiger partial charge in [0.1, 0.15) is 0 Å². The van der Waals surface area contributed by atoms with Crippen LogP contribution in [0.2, 0.25) is 0 Å². The number of ether oxygens (including phenoxy) is 1. The molecule has 0 bridgehead atoms. The molecule has 2 aliphatic heterocycles. The van der Waals surface area contributed by atoms with Gasteiger partial charge in [0.15, 0.2) is 6.10 Å². The minimum Gasteiger partial charge on any atom is -0.479 e. The number of benzene rings is 1. The molecule has 0 amide bonds. The molecule has 0 spiro atoms. The van der Waals surface area contributed by atoms with Crippen molar-refractivity contribution >= 4 is 5.97 Å². The summed E-state index contributed by atoms with van der Waals surface area (Å²) in [5, 5.41) is 8.90. The van der Waals surface area contributed by atoms with Crippen LogP contribution < -0.4 is 0 Å². The minimum absolute atomic E-state index is 0.0698. The normalized spacial score (nSPS) is 27.3. The fourth-order valence-electron chi connectivity index (χ4n) is 2.84. The Bertz CT molecular complexity index is 435. The third kappa shape index (κ3) is 2.26. The summed E-state index contributed by atoms with van der Waals surface area (Å²) in [6, 6.07) is 8.44. The predicted octanol–water partition coefficient (Wildman–Crippen LogP) is 1.63. The Hall–Kier alpha value is -1.39. The Kier molecular flexibility index (Phi) is 3.06. The number of rotatable bonds is 3. The summed E-state index contributed by atoms with van der Waals surface area (Å²) in [5.41, 5.74) is 2.76. The molecule has 2 heterocycles. The Morgan fingerprint density at radius 3 is 2.50 bits per heavy atom. The average molecular weight is 247 g/mol. The highest BCUT2D eigenvalue weighted by molar-refractivity contribution is 5.72. The first-order valence-electron chi connectivity index (χ1n) is 6.40. The average Bonchev–Trinajstić information content (AvgIpc) is 2.94. The molecule has 2 aliphatic rings. The standard InChI is InChI=1S/C14H17NO3/c16-14(17)13-6-5-12(18-13)9-15-7-10-3-1-2-4-11(10)8-15/h1-4,12-13H,5-9H2,(H,16,17). The Balaban J connectivity index is 1.56. The van der Waals surface area contributed by atoms with E-state index in [0.717, 1.165) is 26.1 Å². The lowest BCUT2D eigenvalue weighted by molar-refractivity contribution is -0.149. The van der Waals surface area contributed by atoms with Crippen molar-refractivity contribution in [1.29, 1.82) is 0 Å². The molecule has 96 valence electrons. The molecular formula is C14H17NO3. The molecule has 1 N–H and O–H groups in total. The van der Waals surface area contributed by atoms with Gasteiger partial charge in [-0.2, -0.15) is 0 Å². The van der Waals surface area contributed by atoms with E-state index in [0.29, 0.717) is 6.42 Å². The highest BCUT2D eigenvalue weighted by Gasteiger charge is 2.32. The van der Waals surface area contributed by atoms with E-state index in [1.807, 2.05) is 0 Å². The van der Waals surface area contributed by atoms with Crippen LogP contribution in [-0.4, -0.2) is 34.7 Å². The minimum atomic E-state index is -0.831. The quantitative estimate of drug-likeness (QED) is 0.882. The lowest BCUT2D eigenvalue weighted by atomic mass is 10.1. The molecule has 1 aromatic rings. The molecule has 0 aliphatic carbocycles. The van der Waals surface area contributed by atoms with E-state index < -0.39 is 12.1 Å². The molecule has 1 aromatic carbocycles. The first-order chi connectivity index (χ1) is 8.72. The van der Waals surface area contributed by atoms with Crippen molar-refractivity contribution in [3.63, 3.8) is 0 Å². The fraction of sp³-hybridized carbons (Fsp3) is 0.500. The second-order valence-corrected chi connectivity index (χ2v) is 5.10. The van der Waals surface area contributed by atoms with Crippen LogP contribution in [0.1, 0.15) is 24.0 Å². The number of fused-ring (bicyclic) bond motifs is 1. The molecule has 2 atom stereocenters. The maximum Gasteiger partial charge on any atom is 0.332 e. The Labute approximate surface area is 106 Å². The SMILES string of the molecule is O=C(O)C1CCC(CN2Cc3ccccc3C2)O1. The Morgan fingerprint density at radius 1 is 1.28 bits per heavy atom. The molecule has 0 aromatic heterocycles. The topological polar surface area (TPSA) is 49.8 Å². The monoisotopic (exact) mass is 247 g/mol. The zero-order chi connectivity index (χ0) is 12.5. The summed E-state index contributed by atoms with van der Waals surface area (Å²) in [6.45, 7) is 2.74. The van der Waals surface area contributed by atoms with Gasteiger partial charge in [-0.1, -0.05) is 24.3 Å². The van der Waals surface area contributed by atoms with E-state index >= 15 is 0 Å². The second-order valence-electron chi connectivity index (χ2n) is 5.10. The third-order valence-electron chi connectivity index (χ3n) is 3.75. The summed E-state index contributed by atoms with van der Waals surface area (Å²) in [4.78, 5) is 13.2. The number of carbonyl (C=O) groups is 1. The summed E-state index contributed by atoms with van der Waals surface area (Å²) in [6.07, 6.45) is 0.963. The van der Waals surface area contributed by atoms with Crippen LogP contribution in [0, 0.1) is 0 Å². The summed E-state index contributed by atoms with van der Waals surface area (Å²) in [7, 11) is 0. The van der Waals surface area contributed by atoms with Crippen LogP contribution in [0.4, 0.5) is 0 Å². The summed E-state index contributed by atoms with van der Waals surface area (Å²) >= 11 is 0. The maximum absolute atomic E-state index is 10.8. The van der Waals surface area contributed by atoms with Crippen molar-refractivity contribution in [3.05, 3.63) is 35.4 Å². The first kappa shape index (κ1) is 11.7. The van der Waals surface area contributed by atoms with E-state index in [9.17, 15) is 4.79 Å². The summed E-state index contributed by atoms with van der Waals surface area (Å²) < 4.78 is 5.54. The van der Waals surface area contributed by atoms with Crippen molar-refractivity contribution in [2.75, 3.05) is 6.54 Å². The van der Waals surface area contributed by atoms with Crippen molar-refractivity contribution in [1.82, 2.24) is 4.90 Å².